The molecule has 0 amide bonds. The Bertz CT molecular complexity index is 365. The molecule has 0 fully saturated rings. The van der Waals surface area contributed by atoms with Gasteiger partial charge in [-0.25, -0.2) is 0 Å². The van der Waals surface area contributed by atoms with Crippen molar-refractivity contribution in [2.75, 3.05) is 6.54 Å². The Kier molecular flexibility index (Phi) is 14.8. The van der Waals surface area contributed by atoms with Crippen LogP contribution in [0.25, 0.3) is 0 Å². The smallest absolute Gasteiger partial charge is 0.106 e. The molecule has 3 nitrogen and oxygen atoms in total. The largest absolute Gasteiger partial charge is 0.379 e. The molecular weight excluding hydrogens is 320 g/mol. The van der Waals surface area contributed by atoms with Crippen molar-refractivity contribution in [3.8, 4) is 0 Å². The van der Waals surface area contributed by atoms with Gasteiger partial charge in [-0.3, -0.25) is 9.89 Å². The van der Waals surface area contributed by atoms with Crippen molar-refractivity contribution in [3.63, 3.8) is 0 Å². The second-order valence-corrected chi connectivity index (χ2v) is 7.84. The standard InChI is InChI=1S/C23H44N2O/c1-3-4-5-6-7-8-9-10-11-12-13-14-15-16-17-18-19-23-24-20-21-25(23)22(2)26/h4-5,20,22-23,26H,3,6-19,21H2,1-2H3/b5-4+. The summed E-state index contributed by atoms with van der Waals surface area (Å²) >= 11 is 0. The highest BCUT2D eigenvalue weighted by molar-refractivity contribution is 5.62. The molecule has 152 valence electrons. The zero-order chi connectivity index (χ0) is 18.9. The van der Waals surface area contributed by atoms with Crippen molar-refractivity contribution >= 4 is 6.21 Å². The Morgan fingerprint density at radius 3 is 2.00 bits per heavy atom. The van der Waals surface area contributed by atoms with E-state index >= 15 is 0 Å². The van der Waals surface area contributed by atoms with E-state index < -0.39 is 0 Å². The summed E-state index contributed by atoms with van der Waals surface area (Å²) in [6, 6.07) is 0. The van der Waals surface area contributed by atoms with Crippen LogP contribution in [0.2, 0.25) is 0 Å². The Morgan fingerprint density at radius 1 is 0.923 bits per heavy atom. The van der Waals surface area contributed by atoms with E-state index in [1.165, 1.54) is 89.9 Å². The molecule has 2 atom stereocenters. The van der Waals surface area contributed by atoms with E-state index in [4.69, 9.17) is 0 Å². The minimum atomic E-state index is -0.375. The van der Waals surface area contributed by atoms with Gasteiger partial charge in [0.15, 0.2) is 0 Å². The predicted octanol–water partition coefficient (Wildman–Crippen LogP) is 6.46. The molecule has 1 heterocycles. The first kappa shape index (κ1) is 23.4. The summed E-state index contributed by atoms with van der Waals surface area (Å²) in [7, 11) is 0. The molecule has 0 spiro atoms. The lowest BCUT2D eigenvalue weighted by atomic mass is 10.0. The molecule has 3 heteroatoms. The second-order valence-electron chi connectivity index (χ2n) is 7.84. The fourth-order valence-electron chi connectivity index (χ4n) is 3.75. The van der Waals surface area contributed by atoms with Gasteiger partial charge in [0, 0.05) is 12.8 Å². The van der Waals surface area contributed by atoms with Gasteiger partial charge in [0.1, 0.15) is 12.4 Å². The molecule has 2 unspecified atom stereocenters. The first-order chi connectivity index (χ1) is 12.8. The van der Waals surface area contributed by atoms with Crippen LogP contribution >= 0.6 is 0 Å². The van der Waals surface area contributed by atoms with Gasteiger partial charge in [-0.05, 0) is 39.0 Å². The third-order valence-electron chi connectivity index (χ3n) is 5.42. The minimum Gasteiger partial charge on any atom is -0.379 e. The summed E-state index contributed by atoms with van der Waals surface area (Å²) in [6.45, 7) is 4.85. The molecule has 0 aromatic heterocycles. The van der Waals surface area contributed by atoms with Crippen LogP contribution < -0.4 is 0 Å². The molecule has 0 aromatic carbocycles. The first-order valence-corrected chi connectivity index (χ1v) is 11.4. The lowest BCUT2D eigenvalue weighted by Crippen LogP contribution is -2.37. The number of aliphatic hydroxyl groups excluding tert-OH is 1. The summed E-state index contributed by atoms with van der Waals surface area (Å²) in [5.41, 5.74) is 0. The highest BCUT2D eigenvalue weighted by Crippen LogP contribution is 2.18. The van der Waals surface area contributed by atoms with Crippen molar-refractivity contribution < 1.29 is 5.11 Å². The SMILES string of the molecule is CC/C=C/CCCCCCCCCCCCCCC1N=CCN1C(C)O. The van der Waals surface area contributed by atoms with E-state index in [2.05, 4.69) is 29.0 Å². The average molecular weight is 365 g/mol. The van der Waals surface area contributed by atoms with Crippen molar-refractivity contribution in [3.05, 3.63) is 12.2 Å². The Hall–Kier alpha value is -0.670. The molecule has 1 aliphatic rings. The van der Waals surface area contributed by atoms with Gasteiger partial charge in [-0.15, -0.1) is 0 Å². The molecule has 0 radical (unpaired) electrons. The maximum Gasteiger partial charge on any atom is 0.106 e. The number of hydrogen-bond donors (Lipinski definition) is 1. The number of hydrogen-bond acceptors (Lipinski definition) is 3. The summed E-state index contributed by atoms with van der Waals surface area (Å²) in [4.78, 5) is 6.55. The summed E-state index contributed by atoms with van der Waals surface area (Å²) in [6.07, 6.45) is 26.6. The monoisotopic (exact) mass is 364 g/mol. The van der Waals surface area contributed by atoms with Crippen LogP contribution in [-0.4, -0.2) is 35.2 Å². The molecule has 26 heavy (non-hydrogen) atoms. The van der Waals surface area contributed by atoms with E-state index in [0.29, 0.717) is 0 Å². The highest BCUT2D eigenvalue weighted by atomic mass is 16.3. The quantitative estimate of drug-likeness (QED) is 0.237. The van der Waals surface area contributed by atoms with Crippen LogP contribution in [0.1, 0.15) is 110 Å². The van der Waals surface area contributed by atoms with E-state index in [9.17, 15) is 5.11 Å². The molecular formula is C23H44N2O. The van der Waals surface area contributed by atoms with Crippen LogP contribution in [0.3, 0.4) is 0 Å². The normalized spacial score (nSPS) is 19.0. The average Bonchev–Trinajstić information content (AvgIpc) is 3.10. The number of aliphatic imine (C=N–C) groups is 1. The van der Waals surface area contributed by atoms with Crippen LogP contribution in [0.15, 0.2) is 17.1 Å². The zero-order valence-corrected chi connectivity index (χ0v) is 17.5. The summed E-state index contributed by atoms with van der Waals surface area (Å²) in [5, 5.41) is 9.70. The van der Waals surface area contributed by atoms with Crippen molar-refractivity contribution in [2.24, 2.45) is 4.99 Å². The van der Waals surface area contributed by atoms with Crippen LogP contribution in [-0.2, 0) is 0 Å². The van der Waals surface area contributed by atoms with Gasteiger partial charge in [0.2, 0.25) is 0 Å². The van der Waals surface area contributed by atoms with Crippen LogP contribution in [0.5, 0.6) is 0 Å². The van der Waals surface area contributed by atoms with Crippen LogP contribution in [0, 0.1) is 0 Å². The highest BCUT2D eigenvalue weighted by Gasteiger charge is 2.23. The molecule has 0 bridgehead atoms. The minimum absolute atomic E-state index is 0.220. The van der Waals surface area contributed by atoms with E-state index in [1.807, 2.05) is 13.1 Å². The number of rotatable bonds is 17. The Labute approximate surface area is 163 Å². The number of allylic oxidation sites excluding steroid dienone is 2. The van der Waals surface area contributed by atoms with Gasteiger partial charge < -0.3 is 5.11 Å². The van der Waals surface area contributed by atoms with Crippen molar-refractivity contribution in [1.29, 1.82) is 0 Å². The summed E-state index contributed by atoms with van der Waals surface area (Å²) < 4.78 is 0. The van der Waals surface area contributed by atoms with E-state index in [0.717, 1.165) is 13.0 Å². The van der Waals surface area contributed by atoms with Crippen molar-refractivity contribution in [1.82, 2.24) is 4.90 Å². The molecule has 0 saturated heterocycles. The molecule has 0 saturated carbocycles. The van der Waals surface area contributed by atoms with Gasteiger partial charge in [0.05, 0.1) is 0 Å². The van der Waals surface area contributed by atoms with Crippen molar-refractivity contribution in [2.45, 2.75) is 123 Å². The van der Waals surface area contributed by atoms with E-state index in [1.54, 1.807) is 0 Å². The molecule has 1 aliphatic heterocycles. The number of nitrogens with zero attached hydrogens (tertiary/aromatic N) is 2. The lowest BCUT2D eigenvalue weighted by molar-refractivity contribution is 0.00710. The van der Waals surface area contributed by atoms with Crippen LogP contribution in [0.4, 0.5) is 0 Å². The third-order valence-corrected chi connectivity index (χ3v) is 5.42. The molecule has 0 aliphatic carbocycles. The maximum atomic E-state index is 9.70. The topological polar surface area (TPSA) is 35.8 Å². The van der Waals surface area contributed by atoms with Gasteiger partial charge >= 0.3 is 0 Å². The fourth-order valence-corrected chi connectivity index (χ4v) is 3.75. The Balaban J connectivity index is 1.77. The molecule has 0 aromatic rings. The first-order valence-electron chi connectivity index (χ1n) is 11.4. The fraction of sp³-hybridized carbons (Fsp3) is 0.870. The zero-order valence-electron chi connectivity index (χ0n) is 17.5. The number of aliphatic hydroxyl groups is 1. The maximum absolute atomic E-state index is 9.70. The number of unbranched alkanes of at least 4 members (excludes halogenated alkanes) is 12. The van der Waals surface area contributed by atoms with E-state index in [-0.39, 0.29) is 12.4 Å². The van der Waals surface area contributed by atoms with Gasteiger partial charge in [0.25, 0.3) is 0 Å². The van der Waals surface area contributed by atoms with Gasteiger partial charge in [-0.2, -0.15) is 0 Å². The second kappa shape index (κ2) is 16.5. The third kappa shape index (κ3) is 11.9. The summed E-state index contributed by atoms with van der Waals surface area (Å²) in [5.74, 6) is 0. The molecule has 1 rings (SSSR count). The molecule has 1 N–H and O–H groups in total. The predicted molar refractivity (Wildman–Crippen MR) is 115 cm³/mol. The van der Waals surface area contributed by atoms with Gasteiger partial charge in [-0.1, -0.05) is 83.3 Å². The lowest BCUT2D eigenvalue weighted by Gasteiger charge is -2.25. The Morgan fingerprint density at radius 2 is 1.46 bits per heavy atom.